The van der Waals surface area contributed by atoms with Crippen molar-refractivity contribution in [2.45, 2.75) is 31.6 Å². The Morgan fingerprint density at radius 3 is 2.43 bits per heavy atom. The van der Waals surface area contributed by atoms with Crippen LogP contribution >= 0.6 is 35.0 Å². The summed E-state index contributed by atoms with van der Waals surface area (Å²) in [7, 11) is 1.97. The second-order valence-electron chi connectivity index (χ2n) is 8.00. The Bertz CT molecular complexity index is 1040. The van der Waals surface area contributed by atoms with Gasteiger partial charge in [0.25, 0.3) is 0 Å². The molecule has 5 nitrogen and oxygen atoms in total. The predicted octanol–water partition coefficient (Wildman–Crippen LogP) is 6.06. The number of anilines is 1. The summed E-state index contributed by atoms with van der Waals surface area (Å²) in [6, 6.07) is 5.74. The third-order valence-corrected chi connectivity index (χ3v) is 6.82. The van der Waals surface area contributed by atoms with Crippen molar-refractivity contribution >= 4 is 52.6 Å². The van der Waals surface area contributed by atoms with Crippen molar-refractivity contribution in [2.24, 2.45) is 5.41 Å². The molecular formula is C22H21Cl2NO4S. The van der Waals surface area contributed by atoms with Gasteiger partial charge in [-0.05, 0) is 59.8 Å². The lowest BCUT2D eigenvalue weighted by atomic mass is 9.74. The first-order valence-electron chi connectivity index (χ1n) is 9.18. The third-order valence-electron chi connectivity index (χ3n) is 4.94. The summed E-state index contributed by atoms with van der Waals surface area (Å²) >= 11 is 14.3. The summed E-state index contributed by atoms with van der Waals surface area (Å²) in [5.74, 6) is -2.98. The molecule has 0 unspecified atom stereocenters. The van der Waals surface area contributed by atoms with E-state index >= 15 is 0 Å². The van der Waals surface area contributed by atoms with Crippen LogP contribution in [0.5, 0.6) is 0 Å². The number of fused-ring (bicyclic) bond motifs is 1. The first-order valence-corrected chi connectivity index (χ1v) is 10.7. The van der Waals surface area contributed by atoms with Gasteiger partial charge in [0.2, 0.25) is 0 Å². The van der Waals surface area contributed by atoms with Crippen molar-refractivity contribution in [2.75, 3.05) is 11.9 Å². The topological polar surface area (TPSA) is 77.8 Å². The largest absolute Gasteiger partial charge is 0.477 e. The van der Waals surface area contributed by atoms with Gasteiger partial charge in [0.05, 0.1) is 10.7 Å². The molecule has 0 fully saturated rings. The summed E-state index contributed by atoms with van der Waals surface area (Å²) in [6.07, 6.45) is 6.24. The number of nitrogens with zero attached hydrogens (tertiary/aromatic N) is 1. The van der Waals surface area contributed by atoms with E-state index in [2.05, 4.69) is 4.90 Å². The summed E-state index contributed by atoms with van der Waals surface area (Å²) in [5.41, 5.74) is 1.53. The molecule has 0 saturated heterocycles. The molecule has 0 aromatic heterocycles. The van der Waals surface area contributed by atoms with E-state index in [0.29, 0.717) is 28.5 Å². The zero-order valence-electron chi connectivity index (χ0n) is 16.7. The highest BCUT2D eigenvalue weighted by atomic mass is 35.5. The number of halogens is 2. The van der Waals surface area contributed by atoms with Crippen LogP contribution < -0.4 is 4.90 Å². The van der Waals surface area contributed by atoms with Crippen molar-refractivity contribution in [3.63, 3.8) is 0 Å². The Hall–Kier alpha value is -2.15. The van der Waals surface area contributed by atoms with Gasteiger partial charge < -0.3 is 15.1 Å². The smallest absolute Gasteiger partial charge is 0.343 e. The molecule has 0 amide bonds. The molecular weight excluding hydrogens is 445 g/mol. The second kappa shape index (κ2) is 8.53. The van der Waals surface area contributed by atoms with Gasteiger partial charge in [-0.25, -0.2) is 9.59 Å². The molecule has 1 heterocycles. The van der Waals surface area contributed by atoms with Crippen LogP contribution in [-0.4, -0.2) is 29.2 Å². The molecule has 1 aromatic carbocycles. The SMILES string of the molecule is CN1/C(=C\C=C2/CC(C)(C)CC(C=C(C(=O)O)C(=O)O)=C2Cl)Sc2cc(Cl)ccc21. The van der Waals surface area contributed by atoms with Gasteiger partial charge in [0.15, 0.2) is 0 Å². The van der Waals surface area contributed by atoms with E-state index in [1.165, 1.54) is 6.08 Å². The predicted molar refractivity (Wildman–Crippen MR) is 121 cm³/mol. The fourth-order valence-corrected chi connectivity index (χ4v) is 5.14. The van der Waals surface area contributed by atoms with Crippen molar-refractivity contribution < 1.29 is 19.8 Å². The number of carboxylic acids is 2. The summed E-state index contributed by atoms with van der Waals surface area (Å²) in [4.78, 5) is 25.7. The Morgan fingerprint density at radius 2 is 1.80 bits per heavy atom. The normalized spacial score (nSPS) is 20.5. The molecule has 0 atom stereocenters. The fourth-order valence-electron chi connectivity index (χ4n) is 3.56. The second-order valence-corrected chi connectivity index (χ2v) is 9.87. The highest BCUT2D eigenvalue weighted by Crippen LogP contribution is 2.47. The van der Waals surface area contributed by atoms with Crippen LogP contribution in [0.15, 0.2) is 68.1 Å². The number of thioether (sulfide) groups is 1. The maximum atomic E-state index is 11.3. The molecule has 1 aliphatic carbocycles. The highest BCUT2D eigenvalue weighted by molar-refractivity contribution is 8.03. The number of hydrogen-bond acceptors (Lipinski definition) is 4. The quantitative estimate of drug-likeness (QED) is 0.319. The number of benzene rings is 1. The highest BCUT2D eigenvalue weighted by Gasteiger charge is 2.30. The van der Waals surface area contributed by atoms with Crippen LogP contribution in [0.2, 0.25) is 5.02 Å². The number of allylic oxidation sites excluding steroid dienone is 6. The van der Waals surface area contributed by atoms with Crippen LogP contribution in [0.1, 0.15) is 26.7 Å². The Morgan fingerprint density at radius 1 is 1.13 bits per heavy atom. The van der Waals surface area contributed by atoms with Gasteiger partial charge >= 0.3 is 11.9 Å². The van der Waals surface area contributed by atoms with E-state index in [4.69, 9.17) is 23.2 Å². The molecule has 2 aliphatic rings. The van der Waals surface area contributed by atoms with Crippen LogP contribution in [0.25, 0.3) is 0 Å². The van der Waals surface area contributed by atoms with Gasteiger partial charge in [-0.3, -0.25) is 0 Å². The number of aliphatic carboxylic acids is 2. The fraction of sp³-hybridized carbons (Fsp3) is 0.273. The van der Waals surface area contributed by atoms with E-state index in [1.807, 2.05) is 51.2 Å². The summed E-state index contributed by atoms with van der Waals surface area (Å²) in [5, 5.41) is 20.4. The molecule has 1 aromatic rings. The molecule has 0 saturated carbocycles. The van der Waals surface area contributed by atoms with Crippen LogP contribution in [0.4, 0.5) is 5.69 Å². The molecule has 0 bridgehead atoms. The Balaban J connectivity index is 1.99. The minimum absolute atomic E-state index is 0.193. The summed E-state index contributed by atoms with van der Waals surface area (Å²) in [6.45, 7) is 4.08. The lowest BCUT2D eigenvalue weighted by Crippen LogP contribution is -2.20. The first kappa shape index (κ1) is 22.5. The molecule has 2 N–H and O–H groups in total. The zero-order valence-corrected chi connectivity index (χ0v) is 19.0. The van der Waals surface area contributed by atoms with Crippen molar-refractivity contribution in [1.82, 2.24) is 0 Å². The monoisotopic (exact) mass is 465 g/mol. The van der Waals surface area contributed by atoms with Crippen molar-refractivity contribution in [3.8, 4) is 0 Å². The number of hydrogen-bond donors (Lipinski definition) is 2. The van der Waals surface area contributed by atoms with Crippen LogP contribution in [0.3, 0.4) is 0 Å². The minimum Gasteiger partial charge on any atom is -0.477 e. The number of rotatable bonds is 4. The van der Waals surface area contributed by atoms with E-state index in [-0.39, 0.29) is 5.41 Å². The number of carboxylic acid groups (broad SMARTS) is 2. The van der Waals surface area contributed by atoms with Crippen LogP contribution in [-0.2, 0) is 9.59 Å². The minimum atomic E-state index is -1.49. The van der Waals surface area contributed by atoms with Gasteiger partial charge in [-0.15, -0.1) is 0 Å². The first-order chi connectivity index (χ1) is 14.0. The molecule has 0 radical (unpaired) electrons. The maximum Gasteiger partial charge on any atom is 0.343 e. The molecule has 158 valence electrons. The third kappa shape index (κ3) is 4.77. The molecule has 3 rings (SSSR count). The van der Waals surface area contributed by atoms with E-state index < -0.39 is 17.5 Å². The maximum absolute atomic E-state index is 11.3. The van der Waals surface area contributed by atoms with Crippen molar-refractivity contribution in [1.29, 1.82) is 0 Å². The van der Waals surface area contributed by atoms with E-state index in [1.54, 1.807) is 11.8 Å². The molecule has 1 aliphatic heterocycles. The van der Waals surface area contributed by atoms with Gasteiger partial charge in [-0.2, -0.15) is 0 Å². The zero-order chi connectivity index (χ0) is 22.2. The van der Waals surface area contributed by atoms with Gasteiger partial charge in [0.1, 0.15) is 5.57 Å². The van der Waals surface area contributed by atoms with Gasteiger partial charge in [0, 0.05) is 22.0 Å². The lowest BCUT2D eigenvalue weighted by molar-refractivity contribution is -0.140. The van der Waals surface area contributed by atoms with E-state index in [0.717, 1.165) is 21.2 Å². The van der Waals surface area contributed by atoms with Crippen molar-refractivity contribution in [3.05, 3.63) is 68.2 Å². The average molecular weight is 466 g/mol. The van der Waals surface area contributed by atoms with Gasteiger partial charge in [-0.1, -0.05) is 54.9 Å². The average Bonchev–Trinajstić information content (AvgIpc) is 2.95. The lowest BCUT2D eigenvalue weighted by Gasteiger charge is -2.32. The summed E-state index contributed by atoms with van der Waals surface area (Å²) < 4.78 is 0. The van der Waals surface area contributed by atoms with Crippen LogP contribution in [0, 0.1) is 5.41 Å². The Kier molecular flexibility index (Phi) is 6.41. The Labute approximate surface area is 189 Å². The van der Waals surface area contributed by atoms with E-state index in [9.17, 15) is 19.8 Å². The molecule has 8 heteroatoms. The molecule has 30 heavy (non-hydrogen) atoms. The molecule has 0 spiro atoms. The number of carbonyl (C=O) groups is 2. The standard InChI is InChI=1S/C22H21Cl2NO4S/c1-22(2)10-12(19(24)13(11-22)8-15(20(26)27)21(28)29)4-7-18-25(3)16-6-5-14(23)9-17(16)30-18/h4-9H,10-11H2,1-3H3,(H,26,27)(H,28,29)/b12-4+,18-7+.